The molecule has 1 aromatic rings. The van der Waals surface area contributed by atoms with E-state index < -0.39 is 28.5 Å². The second-order valence-electron chi connectivity index (χ2n) is 5.72. The molecule has 0 aliphatic rings. The number of ketones is 1. The molecule has 19 heavy (non-hydrogen) atoms. The van der Waals surface area contributed by atoms with Gasteiger partial charge in [-0.1, -0.05) is 32.0 Å². The van der Waals surface area contributed by atoms with Crippen LogP contribution < -0.4 is 5.73 Å². The number of halogens is 3. The summed E-state index contributed by atoms with van der Waals surface area (Å²) in [6.07, 6.45) is -4.55. The normalized spacial score (nSPS) is 13.5. The first-order valence-electron chi connectivity index (χ1n) is 5.89. The maximum Gasteiger partial charge on any atom is 0.417 e. The Morgan fingerprint density at radius 3 is 1.95 bits per heavy atom. The van der Waals surface area contributed by atoms with Gasteiger partial charge in [-0.15, -0.1) is 0 Å². The Morgan fingerprint density at radius 1 is 1.05 bits per heavy atom. The summed E-state index contributed by atoms with van der Waals surface area (Å²) in [7, 11) is 0. The van der Waals surface area contributed by atoms with Crippen LogP contribution in [0.15, 0.2) is 24.3 Å². The van der Waals surface area contributed by atoms with Gasteiger partial charge in [-0.3, -0.25) is 4.79 Å². The lowest BCUT2D eigenvalue weighted by Gasteiger charge is -2.37. The highest BCUT2D eigenvalue weighted by Crippen LogP contribution is 2.38. The van der Waals surface area contributed by atoms with E-state index in [1.54, 1.807) is 27.7 Å². The molecule has 0 amide bonds. The van der Waals surface area contributed by atoms with Gasteiger partial charge >= 0.3 is 6.18 Å². The average molecular weight is 273 g/mol. The molecule has 5 heteroatoms. The number of Topliss-reactive ketones (excluding diaryl/α,β-unsaturated/α-hetero) is 1. The third-order valence-electron chi connectivity index (χ3n) is 3.66. The van der Waals surface area contributed by atoms with Crippen LogP contribution in [0.2, 0.25) is 0 Å². The fraction of sp³-hybridized carbons (Fsp3) is 0.500. The van der Waals surface area contributed by atoms with Crippen molar-refractivity contribution in [2.45, 2.75) is 39.4 Å². The van der Waals surface area contributed by atoms with Crippen molar-refractivity contribution in [2.75, 3.05) is 0 Å². The van der Waals surface area contributed by atoms with Gasteiger partial charge in [0.25, 0.3) is 0 Å². The minimum absolute atomic E-state index is 0.335. The number of hydrogen-bond donors (Lipinski definition) is 1. The molecule has 0 radical (unpaired) electrons. The van der Waals surface area contributed by atoms with Crippen molar-refractivity contribution in [2.24, 2.45) is 11.1 Å². The van der Waals surface area contributed by atoms with E-state index in [2.05, 4.69) is 0 Å². The molecule has 0 aromatic heterocycles. The summed E-state index contributed by atoms with van der Waals surface area (Å²) in [5.41, 5.74) is 2.62. The van der Waals surface area contributed by atoms with E-state index in [9.17, 15) is 18.0 Å². The number of carbonyl (C=O) groups is 1. The van der Waals surface area contributed by atoms with Crippen LogP contribution in [0.25, 0.3) is 0 Å². The van der Waals surface area contributed by atoms with Gasteiger partial charge in [-0.05, 0) is 19.9 Å². The summed E-state index contributed by atoms with van der Waals surface area (Å²) < 4.78 is 38.7. The van der Waals surface area contributed by atoms with E-state index in [0.29, 0.717) is 0 Å². The first-order valence-corrected chi connectivity index (χ1v) is 5.89. The minimum atomic E-state index is -4.55. The lowest BCUT2D eigenvalue weighted by molar-refractivity contribution is -0.138. The quantitative estimate of drug-likeness (QED) is 0.854. The molecule has 2 nitrogen and oxygen atoms in total. The number of benzene rings is 1. The SMILES string of the molecule is CC(C)(N)C(C)(C)C(=O)c1ccccc1C(F)(F)F. The standard InChI is InChI=1S/C14H18F3NO/c1-12(2,13(3,4)18)11(19)9-7-5-6-8-10(9)14(15,16)17/h5-8H,18H2,1-4H3. The molecule has 2 N–H and O–H groups in total. The highest BCUT2D eigenvalue weighted by molar-refractivity contribution is 6.02. The van der Waals surface area contributed by atoms with E-state index in [1.807, 2.05) is 0 Å². The van der Waals surface area contributed by atoms with Crippen molar-refractivity contribution in [1.82, 2.24) is 0 Å². The van der Waals surface area contributed by atoms with Crippen molar-refractivity contribution < 1.29 is 18.0 Å². The van der Waals surface area contributed by atoms with Crippen molar-refractivity contribution in [3.05, 3.63) is 35.4 Å². The lowest BCUT2D eigenvalue weighted by Crippen LogP contribution is -2.52. The highest BCUT2D eigenvalue weighted by atomic mass is 19.4. The number of nitrogens with two attached hydrogens (primary N) is 1. The first-order chi connectivity index (χ1) is 8.39. The summed E-state index contributed by atoms with van der Waals surface area (Å²) in [5, 5.41) is 0. The molecule has 0 aliphatic carbocycles. The molecule has 106 valence electrons. The summed E-state index contributed by atoms with van der Waals surface area (Å²) in [6.45, 7) is 6.37. The van der Waals surface area contributed by atoms with Gasteiger partial charge in [0.05, 0.1) is 5.56 Å². The monoisotopic (exact) mass is 273 g/mol. The third-order valence-corrected chi connectivity index (χ3v) is 3.66. The molecule has 0 fully saturated rings. The van der Waals surface area contributed by atoms with Crippen LogP contribution in [0, 0.1) is 5.41 Å². The van der Waals surface area contributed by atoms with Crippen molar-refractivity contribution in [3.8, 4) is 0 Å². The highest BCUT2D eigenvalue weighted by Gasteiger charge is 2.44. The van der Waals surface area contributed by atoms with Gasteiger partial charge < -0.3 is 5.73 Å². The van der Waals surface area contributed by atoms with Crippen molar-refractivity contribution in [3.63, 3.8) is 0 Å². The molecule has 0 spiro atoms. The maximum absolute atomic E-state index is 12.9. The van der Waals surface area contributed by atoms with Gasteiger partial charge in [0.2, 0.25) is 0 Å². The van der Waals surface area contributed by atoms with Crippen LogP contribution in [0.5, 0.6) is 0 Å². The van der Waals surface area contributed by atoms with Crippen LogP contribution in [-0.2, 0) is 6.18 Å². The Balaban J connectivity index is 3.37. The summed E-state index contributed by atoms with van der Waals surface area (Å²) in [6, 6.07) is 4.79. The second kappa shape index (κ2) is 4.63. The van der Waals surface area contributed by atoms with Crippen LogP contribution in [0.1, 0.15) is 43.6 Å². The van der Waals surface area contributed by atoms with E-state index in [1.165, 1.54) is 18.2 Å². The van der Waals surface area contributed by atoms with E-state index in [0.717, 1.165) is 6.07 Å². The lowest BCUT2D eigenvalue weighted by atomic mass is 9.70. The molecule has 0 heterocycles. The zero-order valence-electron chi connectivity index (χ0n) is 11.4. The Kier molecular flexibility index (Phi) is 3.83. The maximum atomic E-state index is 12.9. The second-order valence-corrected chi connectivity index (χ2v) is 5.72. The summed E-state index contributed by atoms with van der Waals surface area (Å²) in [4.78, 5) is 12.4. The van der Waals surface area contributed by atoms with Crippen LogP contribution in [-0.4, -0.2) is 11.3 Å². The smallest absolute Gasteiger partial charge is 0.325 e. The molecule has 0 saturated carbocycles. The number of hydrogen-bond acceptors (Lipinski definition) is 2. The first kappa shape index (κ1) is 15.7. The largest absolute Gasteiger partial charge is 0.417 e. The number of carbonyl (C=O) groups excluding carboxylic acids is 1. The molecular formula is C14H18F3NO. The number of alkyl halides is 3. The molecular weight excluding hydrogens is 255 g/mol. The third kappa shape index (κ3) is 2.97. The predicted octanol–water partition coefficient (Wildman–Crippen LogP) is 3.65. The van der Waals surface area contributed by atoms with E-state index >= 15 is 0 Å². The Morgan fingerprint density at radius 2 is 1.53 bits per heavy atom. The van der Waals surface area contributed by atoms with Crippen LogP contribution in [0.4, 0.5) is 13.2 Å². The zero-order valence-corrected chi connectivity index (χ0v) is 11.4. The molecule has 0 aliphatic heterocycles. The minimum Gasteiger partial charge on any atom is -0.325 e. The van der Waals surface area contributed by atoms with E-state index in [-0.39, 0.29) is 5.56 Å². The Labute approximate surface area is 110 Å². The molecule has 1 aromatic carbocycles. The molecule has 0 unspecified atom stereocenters. The average Bonchev–Trinajstić information content (AvgIpc) is 2.25. The van der Waals surface area contributed by atoms with Gasteiger partial charge in [-0.2, -0.15) is 13.2 Å². The molecule has 1 rings (SSSR count). The van der Waals surface area contributed by atoms with Crippen LogP contribution in [0.3, 0.4) is 0 Å². The molecule has 0 bridgehead atoms. The predicted molar refractivity (Wildman–Crippen MR) is 67.8 cm³/mol. The summed E-state index contributed by atoms with van der Waals surface area (Å²) >= 11 is 0. The van der Waals surface area contributed by atoms with Crippen LogP contribution >= 0.6 is 0 Å². The van der Waals surface area contributed by atoms with Gasteiger partial charge in [0, 0.05) is 16.5 Å². The van der Waals surface area contributed by atoms with Gasteiger partial charge in [-0.25, -0.2) is 0 Å². The topological polar surface area (TPSA) is 43.1 Å². The molecule has 0 atom stereocenters. The summed E-state index contributed by atoms with van der Waals surface area (Å²) in [5.74, 6) is -0.604. The van der Waals surface area contributed by atoms with Gasteiger partial charge in [0.1, 0.15) is 0 Å². The Hall–Kier alpha value is -1.36. The zero-order chi connectivity index (χ0) is 15.1. The van der Waals surface area contributed by atoms with Gasteiger partial charge in [0.15, 0.2) is 5.78 Å². The fourth-order valence-corrected chi connectivity index (χ4v) is 1.56. The van der Waals surface area contributed by atoms with Crippen molar-refractivity contribution >= 4 is 5.78 Å². The Bertz CT molecular complexity index is 484. The van der Waals surface area contributed by atoms with E-state index in [4.69, 9.17) is 5.73 Å². The van der Waals surface area contributed by atoms with Crippen molar-refractivity contribution in [1.29, 1.82) is 0 Å². The molecule has 0 saturated heterocycles. The number of rotatable bonds is 3. The fourth-order valence-electron chi connectivity index (χ4n) is 1.56.